The SMILES string of the molecule is CC[C@H]1CN(C(CCN=[N+]=[N-])c2ccc(C(F)(F)F)cc2)[C@H](CC)CN1c1nc(=O)n(C)c2ccc(Cl)nc12. The molecule has 1 unspecified atom stereocenters. The van der Waals surface area contributed by atoms with Crippen molar-refractivity contribution in [2.75, 3.05) is 24.5 Å². The van der Waals surface area contributed by atoms with Gasteiger partial charge in [-0.1, -0.05) is 42.7 Å². The van der Waals surface area contributed by atoms with Crippen LogP contribution in [0.2, 0.25) is 5.15 Å². The fourth-order valence-electron chi connectivity index (χ4n) is 5.35. The number of alkyl halides is 3. The number of aryl methyl sites for hydroxylation is 1. The van der Waals surface area contributed by atoms with Crippen LogP contribution in [-0.2, 0) is 13.2 Å². The number of nitrogens with zero attached hydrogens (tertiary/aromatic N) is 8. The minimum absolute atomic E-state index is 0.0220. The molecule has 0 amide bonds. The highest BCUT2D eigenvalue weighted by atomic mass is 35.5. The molecule has 3 heterocycles. The number of fused-ring (bicyclic) bond motifs is 1. The zero-order chi connectivity index (χ0) is 28.3. The van der Waals surface area contributed by atoms with Crippen molar-refractivity contribution in [1.82, 2.24) is 19.4 Å². The van der Waals surface area contributed by atoms with Crippen LogP contribution in [-0.4, -0.2) is 51.2 Å². The maximum Gasteiger partial charge on any atom is 0.416 e. The highest BCUT2D eigenvalue weighted by molar-refractivity contribution is 6.29. The predicted octanol–water partition coefficient (Wildman–Crippen LogP) is 6.12. The Morgan fingerprint density at radius 3 is 2.41 bits per heavy atom. The molecular formula is C26H30ClF3N8O. The average Bonchev–Trinajstić information content (AvgIpc) is 2.92. The van der Waals surface area contributed by atoms with Crippen LogP contribution in [0, 0.1) is 0 Å². The molecule has 9 nitrogen and oxygen atoms in total. The van der Waals surface area contributed by atoms with Crippen molar-refractivity contribution in [2.45, 2.75) is 57.4 Å². The lowest BCUT2D eigenvalue weighted by Gasteiger charge is -2.49. The molecule has 0 radical (unpaired) electrons. The Kier molecular flexibility index (Phi) is 8.68. The summed E-state index contributed by atoms with van der Waals surface area (Å²) < 4.78 is 41.1. The highest BCUT2D eigenvalue weighted by Crippen LogP contribution is 2.36. The molecule has 1 saturated heterocycles. The van der Waals surface area contributed by atoms with E-state index >= 15 is 0 Å². The van der Waals surface area contributed by atoms with Crippen LogP contribution >= 0.6 is 11.6 Å². The first-order chi connectivity index (χ1) is 18.6. The molecule has 2 aromatic heterocycles. The Morgan fingerprint density at radius 1 is 1.10 bits per heavy atom. The molecule has 4 rings (SSSR count). The largest absolute Gasteiger partial charge is 0.416 e. The van der Waals surface area contributed by atoms with Crippen molar-refractivity contribution >= 4 is 28.5 Å². The number of aromatic nitrogens is 3. The Balaban J connectivity index is 1.74. The molecule has 1 aliphatic heterocycles. The highest BCUT2D eigenvalue weighted by Gasteiger charge is 2.38. The summed E-state index contributed by atoms with van der Waals surface area (Å²) in [5, 5.41) is 3.99. The summed E-state index contributed by atoms with van der Waals surface area (Å²) in [5.41, 5.74) is 9.61. The van der Waals surface area contributed by atoms with E-state index in [1.165, 1.54) is 16.7 Å². The van der Waals surface area contributed by atoms with E-state index in [4.69, 9.17) is 17.1 Å². The monoisotopic (exact) mass is 562 g/mol. The number of benzene rings is 1. The van der Waals surface area contributed by atoms with Gasteiger partial charge in [0.2, 0.25) is 0 Å². The fraction of sp³-hybridized carbons (Fsp3) is 0.500. The van der Waals surface area contributed by atoms with Crippen LogP contribution in [0.15, 0.2) is 46.3 Å². The Bertz CT molecular complexity index is 1420. The molecule has 3 atom stereocenters. The second-order valence-corrected chi connectivity index (χ2v) is 10.0. The zero-order valence-corrected chi connectivity index (χ0v) is 22.7. The summed E-state index contributed by atoms with van der Waals surface area (Å²) in [5.74, 6) is 0.473. The molecule has 208 valence electrons. The number of anilines is 1. The van der Waals surface area contributed by atoms with Crippen molar-refractivity contribution in [3.05, 3.63) is 73.6 Å². The smallest absolute Gasteiger partial charge is 0.349 e. The van der Waals surface area contributed by atoms with Crippen molar-refractivity contribution in [2.24, 2.45) is 12.2 Å². The molecule has 1 fully saturated rings. The van der Waals surface area contributed by atoms with Gasteiger partial charge in [0.05, 0.1) is 11.1 Å². The number of hydrogen-bond acceptors (Lipinski definition) is 6. The molecule has 0 spiro atoms. The topological polar surface area (TPSA) is 103 Å². The number of pyridine rings is 1. The van der Waals surface area contributed by atoms with Gasteiger partial charge in [0.1, 0.15) is 10.7 Å². The van der Waals surface area contributed by atoms with Crippen LogP contribution in [0.25, 0.3) is 21.5 Å². The van der Waals surface area contributed by atoms with Gasteiger partial charge in [0, 0.05) is 49.7 Å². The van der Waals surface area contributed by atoms with Crippen LogP contribution in [0.3, 0.4) is 0 Å². The van der Waals surface area contributed by atoms with Crippen LogP contribution < -0.4 is 10.6 Å². The normalized spacial score (nSPS) is 19.2. The summed E-state index contributed by atoms with van der Waals surface area (Å²) in [6.45, 7) is 5.38. The summed E-state index contributed by atoms with van der Waals surface area (Å²) >= 11 is 6.22. The number of halogens is 4. The molecule has 13 heteroatoms. The number of piperazine rings is 1. The molecular weight excluding hydrogens is 533 g/mol. The molecule has 0 N–H and O–H groups in total. The molecule has 0 aliphatic carbocycles. The van der Waals surface area contributed by atoms with Gasteiger partial charge in [-0.25, -0.2) is 9.78 Å². The van der Waals surface area contributed by atoms with Gasteiger partial charge in [-0.3, -0.25) is 9.47 Å². The first kappa shape index (κ1) is 28.7. The Labute approximate surface area is 228 Å². The minimum Gasteiger partial charge on any atom is -0.349 e. The fourth-order valence-corrected chi connectivity index (χ4v) is 5.50. The first-order valence-electron chi connectivity index (χ1n) is 12.8. The molecule has 39 heavy (non-hydrogen) atoms. The molecule has 1 aromatic carbocycles. The van der Waals surface area contributed by atoms with E-state index in [9.17, 15) is 18.0 Å². The Morgan fingerprint density at radius 2 is 1.79 bits per heavy atom. The zero-order valence-electron chi connectivity index (χ0n) is 21.9. The van der Waals surface area contributed by atoms with E-state index in [1.807, 2.05) is 13.8 Å². The second kappa shape index (κ2) is 11.8. The van der Waals surface area contributed by atoms with Crippen molar-refractivity contribution < 1.29 is 13.2 Å². The maximum atomic E-state index is 13.2. The lowest BCUT2D eigenvalue weighted by molar-refractivity contribution is -0.137. The molecule has 1 aliphatic rings. The number of azide groups is 1. The van der Waals surface area contributed by atoms with Gasteiger partial charge < -0.3 is 4.90 Å². The summed E-state index contributed by atoms with van der Waals surface area (Å²) in [4.78, 5) is 28.9. The molecule has 3 aromatic rings. The van der Waals surface area contributed by atoms with E-state index in [-0.39, 0.29) is 24.7 Å². The van der Waals surface area contributed by atoms with Gasteiger partial charge in [0.25, 0.3) is 0 Å². The third-order valence-corrected chi connectivity index (χ3v) is 7.65. The van der Waals surface area contributed by atoms with E-state index in [0.717, 1.165) is 30.5 Å². The third-order valence-electron chi connectivity index (χ3n) is 7.44. The lowest BCUT2D eigenvalue weighted by Crippen LogP contribution is -2.59. The number of rotatable bonds is 8. The van der Waals surface area contributed by atoms with Crippen molar-refractivity contribution in [3.63, 3.8) is 0 Å². The average molecular weight is 563 g/mol. The van der Waals surface area contributed by atoms with Gasteiger partial charge >= 0.3 is 11.9 Å². The van der Waals surface area contributed by atoms with Crippen LogP contribution in [0.5, 0.6) is 0 Å². The predicted molar refractivity (Wildman–Crippen MR) is 145 cm³/mol. The van der Waals surface area contributed by atoms with Gasteiger partial charge in [-0.15, -0.1) is 0 Å². The van der Waals surface area contributed by atoms with Gasteiger partial charge in [-0.2, -0.15) is 18.2 Å². The number of hydrogen-bond donors (Lipinski definition) is 0. The quantitative estimate of drug-likeness (QED) is 0.142. The Hall–Kier alpha value is -3.34. The minimum atomic E-state index is -4.43. The third kappa shape index (κ3) is 5.98. The first-order valence-corrected chi connectivity index (χ1v) is 13.2. The van der Waals surface area contributed by atoms with E-state index < -0.39 is 17.4 Å². The molecule has 0 saturated carbocycles. The molecule has 0 bridgehead atoms. The van der Waals surface area contributed by atoms with Gasteiger partial charge in [-0.05, 0) is 54.6 Å². The van der Waals surface area contributed by atoms with Crippen LogP contribution in [0.4, 0.5) is 19.0 Å². The second-order valence-electron chi connectivity index (χ2n) is 9.63. The van der Waals surface area contributed by atoms with Crippen LogP contribution in [0.1, 0.15) is 50.3 Å². The standard InChI is InChI=1S/C26H30ClF3N8O/c1-4-18-15-38(24-23-21(10-11-22(27)33-23)36(3)25(39)34-24)19(5-2)14-37(18)20(12-13-32-35-31)16-6-8-17(9-7-16)26(28,29)30/h6-11,18-20H,4-5,12-15H2,1-3H3/t18-,19+,20?/m1/s1. The van der Waals surface area contributed by atoms with E-state index in [0.29, 0.717) is 41.5 Å². The summed E-state index contributed by atoms with van der Waals surface area (Å²) in [7, 11) is 1.64. The van der Waals surface area contributed by atoms with E-state index in [2.05, 4.69) is 29.8 Å². The maximum absolute atomic E-state index is 13.2. The summed E-state index contributed by atoms with van der Waals surface area (Å²) in [6.07, 6.45) is -2.51. The van der Waals surface area contributed by atoms with E-state index in [1.54, 1.807) is 19.2 Å². The van der Waals surface area contributed by atoms with Crippen molar-refractivity contribution in [3.8, 4) is 0 Å². The summed E-state index contributed by atoms with van der Waals surface area (Å²) in [6, 6.07) is 8.24. The van der Waals surface area contributed by atoms with Crippen molar-refractivity contribution in [1.29, 1.82) is 0 Å². The van der Waals surface area contributed by atoms with Gasteiger partial charge in [0.15, 0.2) is 5.82 Å². The lowest BCUT2D eigenvalue weighted by atomic mass is 9.94.